The van der Waals surface area contributed by atoms with Crippen molar-refractivity contribution in [2.24, 2.45) is 0 Å². The summed E-state index contributed by atoms with van der Waals surface area (Å²) in [5.74, 6) is 0.694. The molecular formula is C22H24NO3+. The van der Waals surface area contributed by atoms with E-state index in [1.807, 2.05) is 12.1 Å². The van der Waals surface area contributed by atoms with Gasteiger partial charge in [0.05, 0.1) is 14.2 Å². The van der Waals surface area contributed by atoms with Crippen molar-refractivity contribution in [2.45, 2.75) is 31.8 Å². The topological polar surface area (TPSA) is 43.9 Å². The summed E-state index contributed by atoms with van der Waals surface area (Å²) in [4.78, 5) is 13.4. The summed E-state index contributed by atoms with van der Waals surface area (Å²) < 4.78 is 10.6. The first-order valence-electron chi connectivity index (χ1n) is 9.16. The highest BCUT2D eigenvalue weighted by Crippen LogP contribution is 2.28. The number of hydrogen-bond donors (Lipinski definition) is 1. The average Bonchev–Trinajstić information content (AvgIpc) is 2.66. The van der Waals surface area contributed by atoms with Gasteiger partial charge < -0.3 is 14.1 Å². The van der Waals surface area contributed by atoms with Gasteiger partial charge in [0.1, 0.15) is 23.9 Å². The van der Waals surface area contributed by atoms with Crippen molar-refractivity contribution in [2.75, 3.05) is 14.2 Å². The van der Waals surface area contributed by atoms with Gasteiger partial charge in [-0.15, -0.1) is 0 Å². The molecule has 26 heavy (non-hydrogen) atoms. The maximum atomic E-state index is 12.0. The van der Waals surface area contributed by atoms with Gasteiger partial charge in [0, 0.05) is 35.1 Å². The van der Waals surface area contributed by atoms with Crippen molar-refractivity contribution < 1.29 is 14.1 Å². The third kappa shape index (κ3) is 3.13. The second-order valence-electron chi connectivity index (χ2n) is 7.12. The Morgan fingerprint density at radius 3 is 2.88 bits per heavy atom. The Bertz CT molecular complexity index is 992. The summed E-state index contributed by atoms with van der Waals surface area (Å²) in [7, 11) is 3.83. The van der Waals surface area contributed by atoms with Crippen LogP contribution in [-0.2, 0) is 13.0 Å². The highest BCUT2D eigenvalue weighted by atomic mass is 16.5. The van der Waals surface area contributed by atoms with Crippen molar-refractivity contribution in [1.82, 2.24) is 0 Å². The molecule has 1 unspecified atom stereocenters. The normalized spacial score (nSPS) is 17.7. The first-order chi connectivity index (χ1) is 12.7. The molecule has 0 amide bonds. The van der Waals surface area contributed by atoms with Crippen LogP contribution in [-0.4, -0.2) is 14.2 Å². The fourth-order valence-corrected chi connectivity index (χ4v) is 4.17. The Morgan fingerprint density at radius 2 is 2.04 bits per heavy atom. The molecule has 0 aliphatic heterocycles. The van der Waals surface area contributed by atoms with Crippen LogP contribution in [0.1, 0.15) is 35.6 Å². The number of nitrogens with one attached hydrogen (secondary N) is 1. The minimum Gasteiger partial charge on any atom is -0.497 e. The molecule has 4 heteroatoms. The minimum absolute atomic E-state index is 0.308. The summed E-state index contributed by atoms with van der Waals surface area (Å²) in [5.41, 5.74) is 4.22. The number of fused-ring (bicyclic) bond motifs is 2. The predicted molar refractivity (Wildman–Crippen MR) is 102 cm³/mol. The number of hydrogen-bond acceptors (Lipinski definition) is 3. The molecule has 4 nitrogen and oxygen atoms in total. The van der Waals surface area contributed by atoms with E-state index in [1.54, 1.807) is 19.2 Å². The number of aryl methyl sites for hydroxylation is 1. The summed E-state index contributed by atoms with van der Waals surface area (Å²) in [6.07, 6.45) is 3.56. The van der Waals surface area contributed by atoms with E-state index in [4.69, 9.17) is 9.15 Å². The molecule has 0 spiro atoms. The van der Waals surface area contributed by atoms with Gasteiger partial charge in [-0.05, 0) is 30.5 Å². The van der Waals surface area contributed by atoms with Gasteiger partial charge in [0.2, 0.25) is 0 Å². The second kappa shape index (κ2) is 6.96. The van der Waals surface area contributed by atoms with Gasteiger partial charge in [-0.1, -0.05) is 24.3 Å². The van der Waals surface area contributed by atoms with E-state index in [0.29, 0.717) is 17.4 Å². The Hall–Kier alpha value is -2.59. The maximum Gasteiger partial charge on any atom is 0.336 e. The average molecular weight is 350 g/mol. The summed E-state index contributed by atoms with van der Waals surface area (Å²) in [6, 6.07) is 16.5. The quantitative estimate of drug-likeness (QED) is 0.736. The van der Waals surface area contributed by atoms with Crippen LogP contribution in [0.2, 0.25) is 0 Å². The van der Waals surface area contributed by atoms with Gasteiger partial charge in [-0.25, -0.2) is 4.79 Å². The predicted octanol–water partition coefficient (Wildman–Crippen LogP) is 2.89. The lowest BCUT2D eigenvalue weighted by molar-refractivity contribution is -0.926. The standard InChI is InChI=1S/C22H23NO3/c1-23(20-9-5-7-15-6-3-4-8-18(15)20)14-16-12-22(24)26-21-13-17(25-2)10-11-19(16)21/h3-4,6,8,10-13,20H,5,7,9,14H2,1-2H3/p+1/t20-/m0/s1. The summed E-state index contributed by atoms with van der Waals surface area (Å²) >= 11 is 0. The van der Waals surface area contributed by atoms with Gasteiger partial charge in [-0.2, -0.15) is 0 Å². The Morgan fingerprint density at radius 1 is 1.19 bits per heavy atom. The Kier molecular flexibility index (Phi) is 4.51. The molecule has 0 fully saturated rings. The van der Waals surface area contributed by atoms with E-state index < -0.39 is 0 Å². The zero-order valence-corrected chi connectivity index (χ0v) is 15.2. The smallest absolute Gasteiger partial charge is 0.336 e. The monoisotopic (exact) mass is 350 g/mol. The summed E-state index contributed by atoms with van der Waals surface area (Å²) in [5, 5.41) is 0.980. The first-order valence-corrected chi connectivity index (χ1v) is 9.16. The number of methoxy groups -OCH3 is 1. The van der Waals surface area contributed by atoms with E-state index >= 15 is 0 Å². The van der Waals surface area contributed by atoms with Crippen LogP contribution in [0, 0.1) is 0 Å². The van der Waals surface area contributed by atoms with E-state index in [9.17, 15) is 4.79 Å². The minimum atomic E-state index is -0.308. The first kappa shape index (κ1) is 16.9. The molecule has 1 aliphatic carbocycles. The Balaban J connectivity index is 1.68. The lowest BCUT2D eigenvalue weighted by atomic mass is 9.87. The van der Waals surface area contributed by atoms with Crippen LogP contribution >= 0.6 is 0 Å². The lowest BCUT2D eigenvalue weighted by Gasteiger charge is -2.30. The van der Waals surface area contributed by atoms with E-state index in [1.165, 1.54) is 28.9 Å². The Labute approximate surface area is 153 Å². The largest absolute Gasteiger partial charge is 0.497 e. The third-order valence-corrected chi connectivity index (χ3v) is 5.47. The zero-order chi connectivity index (χ0) is 18.1. The molecule has 3 aromatic rings. The van der Waals surface area contributed by atoms with Crippen LogP contribution < -0.4 is 15.3 Å². The molecule has 1 aromatic heterocycles. The zero-order valence-electron chi connectivity index (χ0n) is 15.2. The van der Waals surface area contributed by atoms with Gasteiger partial charge >= 0.3 is 5.63 Å². The number of ether oxygens (including phenoxy) is 1. The number of rotatable bonds is 4. The van der Waals surface area contributed by atoms with Crippen molar-refractivity contribution in [3.8, 4) is 5.75 Å². The van der Waals surface area contributed by atoms with Crippen LogP contribution in [0.4, 0.5) is 0 Å². The van der Waals surface area contributed by atoms with Crippen molar-refractivity contribution >= 4 is 11.0 Å². The van der Waals surface area contributed by atoms with Crippen molar-refractivity contribution in [3.63, 3.8) is 0 Å². The third-order valence-electron chi connectivity index (χ3n) is 5.47. The van der Waals surface area contributed by atoms with Crippen molar-refractivity contribution in [3.05, 3.63) is 75.6 Å². The molecule has 4 rings (SSSR count). The molecule has 1 aliphatic rings. The van der Waals surface area contributed by atoms with Gasteiger partial charge in [-0.3, -0.25) is 0 Å². The number of benzene rings is 2. The van der Waals surface area contributed by atoms with E-state index in [0.717, 1.165) is 23.9 Å². The van der Waals surface area contributed by atoms with Crippen molar-refractivity contribution in [1.29, 1.82) is 0 Å². The van der Waals surface area contributed by atoms with E-state index in [-0.39, 0.29) is 5.63 Å². The fraction of sp³-hybridized carbons (Fsp3) is 0.318. The molecule has 0 radical (unpaired) electrons. The fourth-order valence-electron chi connectivity index (χ4n) is 4.17. The molecule has 134 valence electrons. The molecule has 1 N–H and O–H groups in total. The van der Waals surface area contributed by atoms with Gasteiger partial charge in [0.15, 0.2) is 0 Å². The van der Waals surface area contributed by atoms with Crippen LogP contribution in [0.25, 0.3) is 11.0 Å². The van der Waals surface area contributed by atoms with E-state index in [2.05, 4.69) is 31.3 Å². The summed E-state index contributed by atoms with van der Waals surface area (Å²) in [6.45, 7) is 0.785. The van der Waals surface area contributed by atoms with Crippen LogP contribution in [0.15, 0.2) is 57.7 Å². The molecule has 0 bridgehead atoms. The SMILES string of the molecule is COc1ccc2c(C[NH+](C)[C@H]3CCCc4ccccc43)cc(=O)oc2c1. The van der Waals surface area contributed by atoms with Crippen LogP contribution in [0.3, 0.4) is 0 Å². The van der Waals surface area contributed by atoms with Crippen LogP contribution in [0.5, 0.6) is 5.75 Å². The molecule has 2 aromatic carbocycles. The highest BCUT2D eigenvalue weighted by molar-refractivity contribution is 5.81. The molecule has 1 heterocycles. The second-order valence-corrected chi connectivity index (χ2v) is 7.12. The molecule has 2 atom stereocenters. The van der Waals surface area contributed by atoms with Gasteiger partial charge in [0.25, 0.3) is 0 Å². The molecule has 0 saturated carbocycles. The number of quaternary nitrogens is 1. The molecular weight excluding hydrogens is 326 g/mol. The molecule has 0 saturated heterocycles. The highest BCUT2D eigenvalue weighted by Gasteiger charge is 2.27. The maximum absolute atomic E-state index is 12.0. The lowest BCUT2D eigenvalue weighted by Crippen LogP contribution is -3.08.